The van der Waals surface area contributed by atoms with Crippen LogP contribution in [0, 0.1) is 12.3 Å². The number of hydrogen-bond acceptors (Lipinski definition) is 1. The lowest BCUT2D eigenvalue weighted by molar-refractivity contribution is -0.643. The fraction of sp³-hybridized carbons (Fsp3) is 0.269. The molecule has 2 nitrogen and oxygen atoms in total. The summed E-state index contributed by atoms with van der Waals surface area (Å²) in [4.78, 5) is 0. The Morgan fingerprint density at radius 3 is 2.55 bits per heavy atom. The fourth-order valence-electron chi connectivity index (χ4n) is 5.20. The Morgan fingerprint density at radius 2 is 1.76 bits per heavy atom. The molecule has 0 aliphatic rings. The third kappa shape index (κ3) is 2.20. The third-order valence-electron chi connectivity index (χ3n) is 6.31. The number of benzene rings is 2. The van der Waals surface area contributed by atoms with E-state index in [9.17, 15) is 0 Å². The summed E-state index contributed by atoms with van der Waals surface area (Å²) in [6.07, 6.45) is 3.32. The lowest BCUT2D eigenvalue weighted by Gasteiger charge is -2.20. The van der Waals surface area contributed by atoms with E-state index in [1.54, 1.807) is 0 Å². The van der Waals surface area contributed by atoms with Gasteiger partial charge in [0, 0.05) is 11.5 Å². The van der Waals surface area contributed by atoms with Crippen molar-refractivity contribution in [2.45, 2.75) is 34.1 Å². The van der Waals surface area contributed by atoms with Crippen molar-refractivity contribution in [2.24, 2.45) is 12.5 Å². The van der Waals surface area contributed by atoms with Crippen LogP contribution in [0.25, 0.3) is 48.3 Å². The topological polar surface area (TPSA) is 8.29 Å². The minimum Gasteiger partial charge on any atom is -0.307 e. The van der Waals surface area contributed by atoms with Crippen molar-refractivity contribution < 1.29 is 4.57 Å². The van der Waals surface area contributed by atoms with Crippen LogP contribution in [0.4, 0.5) is 0 Å². The van der Waals surface area contributed by atoms with Gasteiger partial charge >= 0.3 is 0 Å². The molecule has 6 aromatic rings. The number of pyridine rings is 2. The largest absolute Gasteiger partial charge is 0.307 e. The van der Waals surface area contributed by atoms with Gasteiger partial charge in [0.15, 0.2) is 6.20 Å². The van der Waals surface area contributed by atoms with E-state index in [-0.39, 0.29) is 5.41 Å². The highest BCUT2D eigenvalue weighted by molar-refractivity contribution is 7.18. The van der Waals surface area contributed by atoms with E-state index in [1.807, 2.05) is 11.3 Å². The van der Waals surface area contributed by atoms with Crippen LogP contribution in [0.15, 0.2) is 48.0 Å². The van der Waals surface area contributed by atoms with E-state index < -0.39 is 0 Å². The van der Waals surface area contributed by atoms with Crippen LogP contribution in [0.3, 0.4) is 0 Å². The summed E-state index contributed by atoms with van der Waals surface area (Å²) < 4.78 is 6.22. The maximum Gasteiger partial charge on any atom is 0.224 e. The molecular weight excluding hydrogens is 372 g/mol. The van der Waals surface area contributed by atoms with Gasteiger partial charge in [0.1, 0.15) is 7.05 Å². The number of fused-ring (bicyclic) bond motifs is 5. The van der Waals surface area contributed by atoms with Crippen molar-refractivity contribution in [3.63, 3.8) is 0 Å². The summed E-state index contributed by atoms with van der Waals surface area (Å²) in [6, 6.07) is 13.9. The van der Waals surface area contributed by atoms with E-state index in [1.165, 1.54) is 59.4 Å². The maximum absolute atomic E-state index is 2.51. The first kappa shape index (κ1) is 17.2. The molecule has 0 amide bonds. The predicted molar refractivity (Wildman–Crippen MR) is 126 cm³/mol. The van der Waals surface area contributed by atoms with E-state index in [2.05, 4.69) is 91.7 Å². The summed E-state index contributed by atoms with van der Waals surface area (Å²) in [6.45, 7) is 9.23. The molecule has 29 heavy (non-hydrogen) atoms. The van der Waals surface area contributed by atoms with Crippen LogP contribution in [0.1, 0.15) is 31.9 Å². The molecular formula is C26H25N2S+. The number of aryl methyl sites for hydroxylation is 2. The number of aromatic nitrogens is 2. The average molecular weight is 398 g/mol. The van der Waals surface area contributed by atoms with E-state index in [4.69, 9.17) is 0 Å². The monoisotopic (exact) mass is 397 g/mol. The third-order valence-corrected chi connectivity index (χ3v) is 7.24. The van der Waals surface area contributed by atoms with Crippen molar-refractivity contribution in [3.05, 3.63) is 59.1 Å². The van der Waals surface area contributed by atoms with Gasteiger partial charge in [-0.3, -0.25) is 0 Å². The van der Waals surface area contributed by atoms with Gasteiger partial charge in [0.2, 0.25) is 5.52 Å². The van der Waals surface area contributed by atoms with Crippen molar-refractivity contribution in [3.8, 4) is 0 Å². The molecule has 0 spiro atoms. The molecule has 0 aliphatic heterocycles. The van der Waals surface area contributed by atoms with Crippen molar-refractivity contribution in [1.29, 1.82) is 0 Å². The smallest absolute Gasteiger partial charge is 0.224 e. The Kier molecular flexibility index (Phi) is 3.26. The first-order valence-corrected chi connectivity index (χ1v) is 11.2. The highest BCUT2D eigenvalue weighted by Gasteiger charge is 2.25. The highest BCUT2D eigenvalue weighted by Crippen LogP contribution is 2.43. The van der Waals surface area contributed by atoms with Gasteiger partial charge in [0.25, 0.3) is 0 Å². The Balaban J connectivity index is 1.96. The van der Waals surface area contributed by atoms with Crippen LogP contribution in [-0.2, 0) is 13.5 Å². The predicted octanol–water partition coefficient (Wildman–Crippen LogP) is 6.77. The van der Waals surface area contributed by atoms with Gasteiger partial charge in [-0.05, 0) is 52.8 Å². The van der Waals surface area contributed by atoms with Crippen LogP contribution >= 0.6 is 11.3 Å². The molecule has 0 saturated heterocycles. The molecule has 0 saturated carbocycles. The van der Waals surface area contributed by atoms with Gasteiger partial charge in [0.05, 0.1) is 32.0 Å². The van der Waals surface area contributed by atoms with Crippen LogP contribution in [-0.4, -0.2) is 4.40 Å². The normalized spacial score (nSPS) is 13.1. The number of hydrogen-bond donors (Lipinski definition) is 0. The molecule has 4 aromatic heterocycles. The summed E-state index contributed by atoms with van der Waals surface area (Å²) in [5, 5.41) is 7.77. The van der Waals surface area contributed by atoms with Crippen molar-refractivity contribution in [1.82, 2.24) is 4.40 Å². The van der Waals surface area contributed by atoms with Crippen LogP contribution in [0.5, 0.6) is 0 Å². The van der Waals surface area contributed by atoms with Crippen molar-refractivity contribution in [2.75, 3.05) is 0 Å². The van der Waals surface area contributed by atoms with E-state index in [0.717, 1.165) is 6.42 Å². The molecule has 144 valence electrons. The highest BCUT2D eigenvalue weighted by atomic mass is 32.1. The second-order valence-corrected chi connectivity index (χ2v) is 10.6. The zero-order valence-electron chi connectivity index (χ0n) is 17.6. The first-order valence-electron chi connectivity index (χ1n) is 10.3. The van der Waals surface area contributed by atoms with Crippen molar-refractivity contribution >= 4 is 59.6 Å². The van der Waals surface area contributed by atoms with Gasteiger partial charge in [-0.2, -0.15) is 0 Å². The van der Waals surface area contributed by atoms with Crippen LogP contribution < -0.4 is 4.57 Å². The SMILES string of the molecule is Cc1ccc2c3sccc3n3c4ccc(CC(C)(C)C)c5cc[n+](C)c(c1c23)c54. The van der Waals surface area contributed by atoms with E-state index >= 15 is 0 Å². The molecule has 0 radical (unpaired) electrons. The van der Waals surface area contributed by atoms with Gasteiger partial charge in [-0.25, -0.2) is 4.57 Å². The minimum atomic E-state index is 0.256. The van der Waals surface area contributed by atoms with E-state index in [0.29, 0.717) is 0 Å². The number of thiophene rings is 1. The number of rotatable bonds is 1. The summed E-state index contributed by atoms with van der Waals surface area (Å²) in [5.74, 6) is 0. The first-order chi connectivity index (χ1) is 13.8. The summed E-state index contributed by atoms with van der Waals surface area (Å²) in [5.41, 5.74) is 8.42. The molecule has 0 fully saturated rings. The number of nitrogens with zero attached hydrogens (tertiary/aromatic N) is 2. The fourth-order valence-corrected chi connectivity index (χ4v) is 6.10. The van der Waals surface area contributed by atoms with Gasteiger partial charge in [-0.1, -0.05) is 39.0 Å². The zero-order chi connectivity index (χ0) is 20.1. The Labute approximate surface area is 174 Å². The lowest BCUT2D eigenvalue weighted by atomic mass is 9.85. The van der Waals surface area contributed by atoms with Crippen LogP contribution in [0.2, 0.25) is 0 Å². The Hall–Kier alpha value is -2.65. The molecule has 2 aromatic carbocycles. The second kappa shape index (κ2) is 5.48. The average Bonchev–Trinajstić information content (AvgIpc) is 3.23. The quantitative estimate of drug-likeness (QED) is 0.164. The molecule has 0 atom stereocenters. The van der Waals surface area contributed by atoms with Gasteiger partial charge in [-0.15, -0.1) is 11.3 Å². The summed E-state index contributed by atoms with van der Waals surface area (Å²) in [7, 11) is 2.19. The minimum absolute atomic E-state index is 0.256. The lowest BCUT2D eigenvalue weighted by Crippen LogP contribution is -2.29. The molecule has 3 heteroatoms. The molecule has 0 N–H and O–H groups in total. The molecule has 0 aliphatic carbocycles. The van der Waals surface area contributed by atoms with Gasteiger partial charge < -0.3 is 4.40 Å². The molecule has 6 rings (SSSR count). The molecule has 4 heterocycles. The second-order valence-electron chi connectivity index (χ2n) is 9.67. The molecule has 0 bridgehead atoms. The zero-order valence-corrected chi connectivity index (χ0v) is 18.4. The molecule has 0 unspecified atom stereocenters. The maximum atomic E-state index is 2.51. The standard InChI is InChI=1S/C26H25N2S/c1-15-6-8-18-23-21(15)24-22-17(10-12-27(24)5)16(14-26(2,3)4)7-9-19(22)28(23)20-11-13-29-25(18)20/h6-13H,14H2,1-5H3/q+1. The Bertz CT molecular complexity index is 1570. The Morgan fingerprint density at radius 1 is 0.931 bits per heavy atom. The summed E-state index contributed by atoms with van der Waals surface area (Å²) >= 11 is 1.85.